The second-order valence-corrected chi connectivity index (χ2v) is 13.7. The van der Waals surface area contributed by atoms with Crippen molar-refractivity contribution in [1.82, 2.24) is 0 Å². The molecule has 0 saturated heterocycles. The molecule has 0 aliphatic heterocycles. The average molecular weight is 627 g/mol. The first-order valence-corrected chi connectivity index (χ1v) is 18.9. The van der Waals surface area contributed by atoms with Crippen molar-refractivity contribution in [2.24, 2.45) is 5.41 Å². The van der Waals surface area contributed by atoms with Gasteiger partial charge in [0.1, 0.15) is 0 Å². The van der Waals surface area contributed by atoms with Gasteiger partial charge in [-0.1, -0.05) is 166 Å². The molecule has 1 rings (SSSR count). The predicted octanol–water partition coefficient (Wildman–Crippen LogP) is 12.5. The summed E-state index contributed by atoms with van der Waals surface area (Å²) in [6.07, 6.45) is 36.8. The molecule has 4 nitrogen and oxygen atoms in total. The van der Waals surface area contributed by atoms with E-state index in [0.717, 1.165) is 44.9 Å². The number of hydrogen-bond acceptors (Lipinski definition) is 4. The number of allylic oxidation sites excluding steroid dienone is 6. The zero-order valence-corrected chi connectivity index (χ0v) is 30.2. The van der Waals surface area contributed by atoms with E-state index in [9.17, 15) is 9.59 Å². The quantitative estimate of drug-likeness (QED) is 0.0492. The second-order valence-electron chi connectivity index (χ2n) is 13.7. The molecule has 0 spiro atoms. The van der Waals surface area contributed by atoms with Crippen LogP contribution < -0.4 is 0 Å². The van der Waals surface area contributed by atoms with Gasteiger partial charge >= 0.3 is 11.9 Å². The molecule has 0 fully saturated rings. The van der Waals surface area contributed by atoms with Gasteiger partial charge in [0.15, 0.2) is 0 Å². The molecule has 258 valence electrons. The number of rotatable bonds is 28. The van der Waals surface area contributed by atoms with Crippen LogP contribution in [0.5, 0.6) is 0 Å². The third-order valence-electron chi connectivity index (χ3n) is 9.14. The summed E-state index contributed by atoms with van der Waals surface area (Å²) >= 11 is 0. The van der Waals surface area contributed by atoms with Crippen LogP contribution in [0.1, 0.15) is 182 Å². The number of hydrogen-bond donors (Lipinski definition) is 0. The van der Waals surface area contributed by atoms with Crippen LogP contribution in [0.3, 0.4) is 0 Å². The van der Waals surface area contributed by atoms with Gasteiger partial charge in [-0.15, -0.1) is 0 Å². The van der Waals surface area contributed by atoms with E-state index in [0.29, 0.717) is 37.2 Å². The molecule has 0 heterocycles. The van der Waals surface area contributed by atoms with Crippen molar-refractivity contribution >= 4 is 11.9 Å². The van der Waals surface area contributed by atoms with Crippen molar-refractivity contribution < 1.29 is 19.1 Å². The van der Waals surface area contributed by atoms with Crippen molar-refractivity contribution in [1.29, 1.82) is 0 Å². The number of carbonyl (C=O) groups excluding carboxylic acids is 2. The van der Waals surface area contributed by atoms with Crippen molar-refractivity contribution in [2.45, 2.75) is 182 Å². The molecular formula is C41H70O4. The average Bonchev–Trinajstić information content (AvgIpc) is 3.04. The van der Waals surface area contributed by atoms with Crippen LogP contribution in [0, 0.1) is 5.41 Å². The number of unbranched alkanes of at least 4 members (excludes halogenated alkanes) is 17. The maximum absolute atomic E-state index is 13.4. The van der Waals surface area contributed by atoms with Gasteiger partial charge in [-0.2, -0.15) is 0 Å². The monoisotopic (exact) mass is 627 g/mol. The van der Waals surface area contributed by atoms with E-state index in [2.05, 4.69) is 65.0 Å². The molecule has 4 heteroatoms. The lowest BCUT2D eigenvalue weighted by molar-refractivity contribution is -0.142. The van der Waals surface area contributed by atoms with Crippen LogP contribution in [0.15, 0.2) is 47.1 Å². The molecule has 0 aromatic heterocycles. The topological polar surface area (TPSA) is 52.6 Å². The molecule has 1 aliphatic carbocycles. The summed E-state index contributed by atoms with van der Waals surface area (Å²) in [6.45, 7) is 11.8. The molecule has 0 N–H and O–H groups in total. The van der Waals surface area contributed by atoms with Crippen molar-refractivity contribution in [2.75, 3.05) is 13.2 Å². The summed E-state index contributed by atoms with van der Waals surface area (Å²) in [5.74, 6) is -0.686. The Hall–Kier alpha value is -2.10. The van der Waals surface area contributed by atoms with E-state index in [4.69, 9.17) is 9.47 Å². The van der Waals surface area contributed by atoms with E-state index >= 15 is 0 Å². The highest BCUT2D eigenvalue weighted by Gasteiger charge is 2.32. The predicted molar refractivity (Wildman–Crippen MR) is 192 cm³/mol. The number of ether oxygens (including phenoxy) is 2. The van der Waals surface area contributed by atoms with Crippen molar-refractivity contribution in [3.8, 4) is 0 Å². The summed E-state index contributed by atoms with van der Waals surface area (Å²) in [5.41, 5.74) is 2.09. The minimum atomic E-state index is -0.346. The lowest BCUT2D eigenvalue weighted by Crippen LogP contribution is -2.24. The van der Waals surface area contributed by atoms with Gasteiger partial charge in [0.25, 0.3) is 0 Å². The van der Waals surface area contributed by atoms with E-state index in [1.807, 2.05) is 0 Å². The molecule has 0 saturated carbocycles. The Bertz CT molecular complexity index is 904. The van der Waals surface area contributed by atoms with Crippen molar-refractivity contribution in [3.05, 3.63) is 47.1 Å². The zero-order chi connectivity index (χ0) is 33.0. The summed E-state index contributed by atoms with van der Waals surface area (Å²) in [4.78, 5) is 26.6. The number of carbonyl (C=O) groups is 2. The van der Waals surface area contributed by atoms with Crippen LogP contribution in [-0.4, -0.2) is 25.2 Å². The number of esters is 2. The highest BCUT2D eigenvalue weighted by Crippen LogP contribution is 2.40. The van der Waals surface area contributed by atoms with Crippen LogP contribution >= 0.6 is 0 Å². The molecule has 1 aliphatic rings. The smallest absolute Gasteiger partial charge is 0.334 e. The normalized spacial score (nSPS) is 14.0. The first kappa shape index (κ1) is 40.9. The Morgan fingerprint density at radius 3 is 1.58 bits per heavy atom. The first-order valence-electron chi connectivity index (χ1n) is 18.9. The molecule has 0 unspecified atom stereocenters. The van der Waals surface area contributed by atoms with E-state index in [1.54, 1.807) is 0 Å². The van der Waals surface area contributed by atoms with Gasteiger partial charge in [0.2, 0.25) is 0 Å². The Labute approximate surface area is 278 Å². The summed E-state index contributed by atoms with van der Waals surface area (Å²) in [6, 6.07) is 0. The molecule has 0 radical (unpaired) electrons. The van der Waals surface area contributed by atoms with Crippen LogP contribution in [-0.2, 0) is 19.1 Å². The largest absolute Gasteiger partial charge is 0.462 e. The molecule has 0 aromatic carbocycles. The lowest BCUT2D eigenvalue weighted by Gasteiger charge is -2.31. The fourth-order valence-corrected chi connectivity index (χ4v) is 5.95. The molecule has 0 aromatic rings. The summed E-state index contributed by atoms with van der Waals surface area (Å²) < 4.78 is 11.5. The maximum Gasteiger partial charge on any atom is 0.334 e. The Balaban J connectivity index is 2.67. The lowest BCUT2D eigenvalue weighted by atomic mass is 9.74. The SMILES string of the molecule is CC=CCCC=CCC(C)(C)C1=CCC(C(=O)OCCCCCCCCCCC)=C(C(=O)OCCCCCCCCCCC)C1. The third kappa shape index (κ3) is 19.9. The highest BCUT2D eigenvalue weighted by atomic mass is 16.5. The molecular weight excluding hydrogens is 556 g/mol. The van der Waals surface area contributed by atoms with Gasteiger partial charge in [-0.3, -0.25) is 0 Å². The Kier molecular flexibility index (Phi) is 24.6. The Morgan fingerprint density at radius 2 is 1.09 bits per heavy atom. The molecule has 0 atom stereocenters. The fraction of sp³-hybridized carbons (Fsp3) is 0.756. The third-order valence-corrected chi connectivity index (χ3v) is 9.14. The minimum Gasteiger partial charge on any atom is -0.462 e. The summed E-state index contributed by atoms with van der Waals surface area (Å²) in [5, 5.41) is 0. The van der Waals surface area contributed by atoms with Gasteiger partial charge in [-0.05, 0) is 50.9 Å². The van der Waals surface area contributed by atoms with Gasteiger partial charge < -0.3 is 9.47 Å². The van der Waals surface area contributed by atoms with Crippen LogP contribution in [0.2, 0.25) is 0 Å². The van der Waals surface area contributed by atoms with Crippen LogP contribution in [0.4, 0.5) is 0 Å². The molecule has 0 amide bonds. The zero-order valence-electron chi connectivity index (χ0n) is 30.2. The van der Waals surface area contributed by atoms with Gasteiger partial charge in [-0.25, -0.2) is 9.59 Å². The van der Waals surface area contributed by atoms with Gasteiger partial charge in [0.05, 0.1) is 24.4 Å². The first-order chi connectivity index (χ1) is 21.9. The minimum absolute atomic E-state index is 0.105. The van der Waals surface area contributed by atoms with Crippen LogP contribution in [0.25, 0.3) is 0 Å². The maximum atomic E-state index is 13.4. The highest BCUT2D eigenvalue weighted by molar-refractivity contribution is 6.01. The molecule has 45 heavy (non-hydrogen) atoms. The van der Waals surface area contributed by atoms with E-state index in [-0.39, 0.29) is 17.4 Å². The van der Waals surface area contributed by atoms with Crippen molar-refractivity contribution in [3.63, 3.8) is 0 Å². The summed E-state index contributed by atoms with van der Waals surface area (Å²) in [7, 11) is 0. The second kappa shape index (κ2) is 27.1. The van der Waals surface area contributed by atoms with Gasteiger partial charge in [0, 0.05) is 6.42 Å². The Morgan fingerprint density at radius 1 is 0.644 bits per heavy atom. The van der Waals surface area contributed by atoms with E-state index in [1.165, 1.54) is 95.5 Å². The molecule has 0 bridgehead atoms. The standard InChI is InChI=1S/C41H70O4/c1-6-9-12-15-18-20-22-25-28-33-44-39(42)37-31-30-36(41(4,5)32-27-24-17-14-11-8-3)35-38(37)40(43)45-34-29-26-23-21-19-16-13-10-7-2/h8,11,24,27,30H,6-7,9-10,12-23,25-26,28-29,31-35H2,1-5H3. The van der Waals surface area contributed by atoms with E-state index < -0.39 is 0 Å². The fourth-order valence-electron chi connectivity index (χ4n) is 5.95.